The molecule has 2 aliphatic rings. The highest BCUT2D eigenvalue weighted by atomic mass is 16.5. The van der Waals surface area contributed by atoms with E-state index in [1.165, 1.54) is 5.56 Å². The van der Waals surface area contributed by atoms with Crippen LogP contribution < -0.4 is 14.8 Å². The van der Waals surface area contributed by atoms with Crippen molar-refractivity contribution in [1.29, 1.82) is 0 Å². The average Bonchev–Trinajstić information content (AvgIpc) is 3.31. The molecule has 0 aromatic heterocycles. The summed E-state index contributed by atoms with van der Waals surface area (Å²) in [6.07, 6.45) is 1.51. The number of carbonyl (C=O) groups is 1. The molecule has 220 valence electrons. The van der Waals surface area contributed by atoms with Crippen molar-refractivity contribution < 1.29 is 19.4 Å². The van der Waals surface area contributed by atoms with Gasteiger partial charge in [0.1, 0.15) is 5.60 Å². The second kappa shape index (κ2) is 10.9. The molecule has 0 fully saturated rings. The van der Waals surface area contributed by atoms with Crippen LogP contribution in [-0.2, 0) is 19.4 Å². The summed E-state index contributed by atoms with van der Waals surface area (Å²) in [6, 6.07) is 26.2. The molecule has 4 aromatic carbocycles. The molecule has 6 heteroatoms. The van der Waals surface area contributed by atoms with E-state index in [4.69, 9.17) is 14.5 Å². The maximum absolute atomic E-state index is 12.2. The summed E-state index contributed by atoms with van der Waals surface area (Å²) in [5.41, 5.74) is 8.53. The van der Waals surface area contributed by atoms with Gasteiger partial charge in [0.05, 0.1) is 23.4 Å². The number of rotatable bonds is 8. The van der Waals surface area contributed by atoms with Crippen molar-refractivity contribution in [3.8, 4) is 22.6 Å². The quantitative estimate of drug-likeness (QED) is 0.223. The van der Waals surface area contributed by atoms with Gasteiger partial charge in [0.25, 0.3) is 0 Å². The van der Waals surface area contributed by atoms with Gasteiger partial charge in [-0.25, -0.2) is 4.79 Å². The zero-order valence-electron chi connectivity index (χ0n) is 25.5. The van der Waals surface area contributed by atoms with Crippen LogP contribution in [-0.4, -0.2) is 34.5 Å². The third-order valence-electron chi connectivity index (χ3n) is 8.05. The number of fused-ring (bicyclic) bond motifs is 3. The Morgan fingerprint density at radius 3 is 2.33 bits per heavy atom. The number of nitrogens with one attached hydrogen (secondary N) is 1. The second-order valence-electron chi connectivity index (χ2n) is 12.6. The van der Waals surface area contributed by atoms with Crippen LogP contribution in [0.5, 0.6) is 11.5 Å². The third-order valence-corrected chi connectivity index (χ3v) is 8.05. The van der Waals surface area contributed by atoms with Gasteiger partial charge in [-0.2, -0.15) is 0 Å². The molecule has 6 nitrogen and oxygen atoms in total. The minimum Gasteiger partial charge on any atom is -0.490 e. The summed E-state index contributed by atoms with van der Waals surface area (Å²) in [5.74, 6) is 0.593. The molecular formula is C37H38N2O4. The van der Waals surface area contributed by atoms with Gasteiger partial charge in [-0.15, -0.1) is 0 Å². The first-order valence-corrected chi connectivity index (χ1v) is 14.9. The molecule has 0 atom stereocenters. The van der Waals surface area contributed by atoms with Gasteiger partial charge in [-0.05, 0) is 81.5 Å². The van der Waals surface area contributed by atoms with Crippen molar-refractivity contribution in [2.75, 3.05) is 11.9 Å². The zero-order chi connectivity index (χ0) is 30.4. The van der Waals surface area contributed by atoms with Crippen LogP contribution in [0.2, 0.25) is 0 Å². The first kappa shape index (κ1) is 28.5. The van der Waals surface area contributed by atoms with Crippen LogP contribution in [0.25, 0.3) is 11.1 Å². The van der Waals surface area contributed by atoms with E-state index < -0.39 is 5.97 Å². The standard InChI is InChI=1S/C37H38N2O4/c1-6-42-31-19-27-20-36(2,3)39-33(32(27)29-21-37(4,5)43-34(29)31)26-16-17-28(35(40)41)30(18-26)38-22-23-12-14-25(15-13-23)24-10-8-7-9-11-24/h7-19,38H,6,20-22H2,1-5H3,(H,40,41). The van der Waals surface area contributed by atoms with Crippen molar-refractivity contribution >= 4 is 17.4 Å². The van der Waals surface area contributed by atoms with E-state index in [0.717, 1.165) is 63.4 Å². The molecule has 0 spiro atoms. The van der Waals surface area contributed by atoms with Crippen LogP contribution in [0.3, 0.4) is 0 Å². The summed E-state index contributed by atoms with van der Waals surface area (Å²) in [5, 5.41) is 13.4. The van der Waals surface area contributed by atoms with Crippen LogP contribution in [0.4, 0.5) is 5.69 Å². The SMILES string of the molecule is CCOc1cc2c(c3c1OC(C)(C)C3)C(c1ccc(C(=O)O)c(NCc3ccc(-c4ccccc4)cc3)c1)=NC(C)(C)C2. The molecule has 0 saturated heterocycles. The number of carboxylic acid groups (broad SMARTS) is 1. The fourth-order valence-corrected chi connectivity index (χ4v) is 6.21. The molecule has 0 bridgehead atoms. The first-order chi connectivity index (χ1) is 20.5. The summed E-state index contributed by atoms with van der Waals surface area (Å²) in [7, 11) is 0. The number of hydrogen-bond donors (Lipinski definition) is 2. The van der Waals surface area contributed by atoms with Crippen LogP contribution in [0.1, 0.15) is 72.8 Å². The predicted molar refractivity (Wildman–Crippen MR) is 172 cm³/mol. The lowest BCUT2D eigenvalue weighted by atomic mass is 9.80. The Labute approximate surface area is 253 Å². The van der Waals surface area contributed by atoms with E-state index >= 15 is 0 Å². The lowest BCUT2D eigenvalue weighted by Gasteiger charge is -2.31. The number of aliphatic imine (C=N–C) groups is 1. The van der Waals surface area contributed by atoms with Crippen molar-refractivity contribution in [1.82, 2.24) is 0 Å². The summed E-state index contributed by atoms with van der Waals surface area (Å²) in [4.78, 5) is 17.5. The second-order valence-corrected chi connectivity index (χ2v) is 12.6. The van der Waals surface area contributed by atoms with Crippen LogP contribution in [0, 0.1) is 0 Å². The van der Waals surface area contributed by atoms with E-state index in [9.17, 15) is 9.90 Å². The lowest BCUT2D eigenvalue weighted by molar-refractivity contribution is 0.0698. The average molecular weight is 575 g/mol. The summed E-state index contributed by atoms with van der Waals surface area (Å²) < 4.78 is 12.5. The number of carboxylic acids is 1. The van der Waals surface area contributed by atoms with Gasteiger partial charge in [0, 0.05) is 35.3 Å². The van der Waals surface area contributed by atoms with Gasteiger partial charge in [-0.1, -0.05) is 60.7 Å². The van der Waals surface area contributed by atoms with Crippen LogP contribution >= 0.6 is 0 Å². The molecular weight excluding hydrogens is 536 g/mol. The van der Waals surface area contributed by atoms with Gasteiger partial charge >= 0.3 is 5.97 Å². The molecule has 43 heavy (non-hydrogen) atoms. The van der Waals surface area contributed by atoms with Gasteiger partial charge in [0.15, 0.2) is 11.5 Å². The fourth-order valence-electron chi connectivity index (χ4n) is 6.21. The molecule has 2 aliphatic heterocycles. The molecule has 2 heterocycles. The normalized spacial score (nSPS) is 16.0. The summed E-state index contributed by atoms with van der Waals surface area (Å²) >= 11 is 0. The Bertz CT molecular complexity index is 1720. The highest BCUT2D eigenvalue weighted by Crippen LogP contribution is 2.48. The Morgan fingerprint density at radius 1 is 0.930 bits per heavy atom. The van der Waals surface area contributed by atoms with E-state index in [-0.39, 0.29) is 16.7 Å². The number of benzene rings is 4. The van der Waals surface area contributed by atoms with Crippen molar-refractivity contribution in [2.45, 2.75) is 65.1 Å². The molecule has 0 amide bonds. The molecule has 4 aromatic rings. The number of ether oxygens (including phenoxy) is 2. The number of aromatic carboxylic acids is 1. The van der Waals surface area contributed by atoms with Gasteiger partial charge in [-0.3, -0.25) is 4.99 Å². The number of anilines is 1. The molecule has 2 N–H and O–H groups in total. The first-order valence-electron chi connectivity index (χ1n) is 14.9. The maximum Gasteiger partial charge on any atom is 0.337 e. The molecule has 6 rings (SSSR count). The summed E-state index contributed by atoms with van der Waals surface area (Å²) in [6.45, 7) is 11.5. The van der Waals surface area contributed by atoms with Crippen molar-refractivity contribution in [2.24, 2.45) is 4.99 Å². The lowest BCUT2D eigenvalue weighted by Crippen LogP contribution is -2.30. The largest absolute Gasteiger partial charge is 0.490 e. The van der Waals surface area contributed by atoms with Gasteiger partial charge < -0.3 is 19.9 Å². The van der Waals surface area contributed by atoms with Gasteiger partial charge in [0.2, 0.25) is 0 Å². The highest BCUT2D eigenvalue weighted by Gasteiger charge is 2.40. The molecule has 0 radical (unpaired) electrons. The Morgan fingerprint density at radius 2 is 1.63 bits per heavy atom. The Kier molecular flexibility index (Phi) is 7.25. The van der Waals surface area contributed by atoms with Crippen molar-refractivity contribution in [3.05, 3.63) is 112 Å². The highest BCUT2D eigenvalue weighted by molar-refractivity contribution is 6.17. The number of nitrogens with zero attached hydrogens (tertiary/aromatic N) is 1. The molecule has 0 saturated carbocycles. The minimum atomic E-state index is -0.975. The fraction of sp³-hybridized carbons (Fsp3) is 0.297. The smallest absolute Gasteiger partial charge is 0.337 e. The third kappa shape index (κ3) is 5.74. The minimum absolute atomic E-state index is 0.224. The Balaban J connectivity index is 1.37. The molecule has 0 aliphatic carbocycles. The molecule has 0 unspecified atom stereocenters. The topological polar surface area (TPSA) is 80.2 Å². The number of hydrogen-bond acceptors (Lipinski definition) is 5. The Hall–Kier alpha value is -4.58. The van der Waals surface area contributed by atoms with E-state index in [0.29, 0.717) is 18.8 Å². The van der Waals surface area contributed by atoms with Crippen LogP contribution in [0.15, 0.2) is 83.9 Å². The predicted octanol–water partition coefficient (Wildman–Crippen LogP) is 7.95. The zero-order valence-corrected chi connectivity index (χ0v) is 25.5. The monoisotopic (exact) mass is 574 g/mol. The van der Waals surface area contributed by atoms with Crippen molar-refractivity contribution in [3.63, 3.8) is 0 Å². The maximum atomic E-state index is 12.2. The van der Waals surface area contributed by atoms with E-state index in [2.05, 4.69) is 75.5 Å². The van der Waals surface area contributed by atoms with E-state index in [1.54, 1.807) is 6.07 Å². The van der Waals surface area contributed by atoms with E-state index in [1.807, 2.05) is 37.3 Å².